The van der Waals surface area contributed by atoms with Gasteiger partial charge in [0.05, 0.1) is 12.2 Å². The Balaban J connectivity index is 2.24. The second-order valence-electron chi connectivity index (χ2n) is 9.70. The van der Waals surface area contributed by atoms with Crippen molar-refractivity contribution in [1.29, 1.82) is 0 Å². The van der Waals surface area contributed by atoms with E-state index in [0.29, 0.717) is 47.1 Å². The van der Waals surface area contributed by atoms with Gasteiger partial charge in [-0.05, 0) is 60.6 Å². The third-order valence-corrected chi connectivity index (χ3v) is 7.51. The van der Waals surface area contributed by atoms with Gasteiger partial charge in [-0.2, -0.15) is 0 Å². The van der Waals surface area contributed by atoms with Crippen molar-refractivity contribution in [2.24, 2.45) is 11.7 Å². The quantitative estimate of drug-likeness (QED) is 0.164. The highest BCUT2D eigenvalue weighted by atomic mass is 35.5. The molecule has 38 heavy (non-hydrogen) atoms. The van der Waals surface area contributed by atoms with Crippen LogP contribution in [0.25, 0.3) is 11.1 Å². The molecule has 4 N–H and O–H groups in total. The minimum Gasteiger partial charge on any atom is -0.366 e. The predicted molar refractivity (Wildman–Crippen MR) is 148 cm³/mol. The Labute approximate surface area is 228 Å². The second-order valence-corrected chi connectivity index (χ2v) is 11.3. The first-order valence-electron chi connectivity index (χ1n) is 12.7. The molecule has 0 aliphatic carbocycles. The van der Waals surface area contributed by atoms with E-state index in [0.717, 1.165) is 35.2 Å². The molecule has 0 fully saturated rings. The van der Waals surface area contributed by atoms with Crippen LogP contribution in [0, 0.1) is 18.7 Å². The predicted octanol–water partition coefficient (Wildman–Crippen LogP) is 6.42. The van der Waals surface area contributed by atoms with Crippen molar-refractivity contribution in [2.45, 2.75) is 59.4 Å². The summed E-state index contributed by atoms with van der Waals surface area (Å²) >= 11 is 6.49. The molecule has 0 radical (unpaired) electrons. The minimum atomic E-state index is -4.61. The highest BCUT2D eigenvalue weighted by Gasteiger charge is 2.28. The van der Waals surface area contributed by atoms with E-state index in [1.54, 1.807) is 12.1 Å². The Kier molecular flexibility index (Phi) is 10.3. The SMILES string of the molecule is CCCC(C)Cc1c(-c2ccc(C)c(Cl)c2)c(C(N)=O)c(Cc2ccc(F)cc2)n1CCCOP(=O)(O)O. The third kappa shape index (κ3) is 7.78. The maximum atomic E-state index is 13.6. The molecule has 7 nitrogen and oxygen atoms in total. The van der Waals surface area contributed by atoms with Crippen LogP contribution in [-0.4, -0.2) is 26.9 Å². The molecule has 1 aromatic heterocycles. The lowest BCUT2D eigenvalue weighted by Gasteiger charge is -2.18. The van der Waals surface area contributed by atoms with Crippen LogP contribution in [0.5, 0.6) is 0 Å². The van der Waals surface area contributed by atoms with Crippen LogP contribution in [0.3, 0.4) is 0 Å². The van der Waals surface area contributed by atoms with Crippen molar-refractivity contribution < 1.29 is 28.1 Å². The second kappa shape index (κ2) is 13.0. The van der Waals surface area contributed by atoms with E-state index in [2.05, 4.69) is 18.4 Å². The summed E-state index contributed by atoms with van der Waals surface area (Å²) in [7, 11) is -4.61. The topological polar surface area (TPSA) is 115 Å². The summed E-state index contributed by atoms with van der Waals surface area (Å²) in [6.45, 7) is 6.33. The van der Waals surface area contributed by atoms with E-state index < -0.39 is 13.7 Å². The Morgan fingerprint density at radius 2 is 1.87 bits per heavy atom. The van der Waals surface area contributed by atoms with E-state index in [9.17, 15) is 13.8 Å². The number of nitrogens with zero attached hydrogens (tertiary/aromatic N) is 1. The van der Waals surface area contributed by atoms with Gasteiger partial charge in [0.1, 0.15) is 5.82 Å². The molecule has 0 aliphatic rings. The van der Waals surface area contributed by atoms with Crippen molar-refractivity contribution in [3.8, 4) is 11.1 Å². The number of hydrogen-bond acceptors (Lipinski definition) is 3. The lowest BCUT2D eigenvalue weighted by Crippen LogP contribution is -2.16. The molecule has 1 amide bonds. The maximum Gasteiger partial charge on any atom is 0.469 e. The van der Waals surface area contributed by atoms with Crippen LogP contribution in [-0.2, 0) is 28.5 Å². The summed E-state index contributed by atoms with van der Waals surface area (Å²) in [4.78, 5) is 31.3. The average molecular weight is 565 g/mol. The lowest BCUT2D eigenvalue weighted by molar-refractivity contribution is 0.1000. The molecule has 0 bridgehead atoms. The average Bonchev–Trinajstić information content (AvgIpc) is 3.12. The smallest absolute Gasteiger partial charge is 0.366 e. The summed E-state index contributed by atoms with van der Waals surface area (Å²) in [6.07, 6.45) is 3.22. The molecule has 206 valence electrons. The van der Waals surface area contributed by atoms with Crippen molar-refractivity contribution in [3.63, 3.8) is 0 Å². The van der Waals surface area contributed by atoms with Crippen LogP contribution < -0.4 is 5.73 Å². The number of nitrogens with two attached hydrogens (primary N) is 1. The fourth-order valence-electron chi connectivity index (χ4n) is 4.84. The molecule has 3 rings (SSSR count). The first-order chi connectivity index (χ1) is 17.9. The summed E-state index contributed by atoms with van der Waals surface area (Å²) in [6, 6.07) is 11.7. The highest BCUT2D eigenvalue weighted by Crippen LogP contribution is 2.39. The summed E-state index contributed by atoms with van der Waals surface area (Å²) in [5.74, 6) is -0.666. The van der Waals surface area contributed by atoms with Gasteiger partial charge in [0, 0.05) is 34.9 Å². The van der Waals surface area contributed by atoms with Gasteiger partial charge in [-0.25, -0.2) is 8.96 Å². The number of rotatable bonds is 13. The first kappa shape index (κ1) is 30.1. The number of halogens is 2. The number of aromatic nitrogens is 1. The Morgan fingerprint density at radius 3 is 2.45 bits per heavy atom. The molecule has 0 aliphatic heterocycles. The van der Waals surface area contributed by atoms with Crippen LogP contribution in [0.4, 0.5) is 4.39 Å². The fraction of sp³-hybridized carbons (Fsp3) is 0.393. The number of benzene rings is 2. The van der Waals surface area contributed by atoms with Crippen molar-refractivity contribution in [3.05, 3.63) is 81.4 Å². The summed E-state index contributed by atoms with van der Waals surface area (Å²) < 4.78 is 31.5. The largest absolute Gasteiger partial charge is 0.469 e. The van der Waals surface area contributed by atoms with E-state index in [4.69, 9.17) is 27.1 Å². The normalized spacial score (nSPS) is 12.6. The number of amides is 1. The molecule has 2 aromatic carbocycles. The number of carbonyl (C=O) groups excluding carboxylic acids is 1. The molecular formula is C28H35ClFN2O5P. The zero-order chi connectivity index (χ0) is 28.0. The molecule has 10 heteroatoms. The number of hydrogen-bond donors (Lipinski definition) is 3. The van der Waals surface area contributed by atoms with E-state index in [1.807, 2.05) is 29.7 Å². The van der Waals surface area contributed by atoms with Crippen molar-refractivity contribution in [2.75, 3.05) is 6.61 Å². The lowest BCUT2D eigenvalue weighted by atomic mass is 9.92. The van der Waals surface area contributed by atoms with Gasteiger partial charge in [-0.15, -0.1) is 0 Å². The van der Waals surface area contributed by atoms with Gasteiger partial charge < -0.3 is 20.1 Å². The monoisotopic (exact) mass is 564 g/mol. The molecule has 0 saturated carbocycles. The van der Waals surface area contributed by atoms with Gasteiger partial charge in [-0.3, -0.25) is 9.32 Å². The molecular weight excluding hydrogens is 530 g/mol. The van der Waals surface area contributed by atoms with Gasteiger partial charge >= 0.3 is 7.82 Å². The van der Waals surface area contributed by atoms with Gasteiger partial charge in [0.15, 0.2) is 0 Å². The van der Waals surface area contributed by atoms with E-state index in [1.165, 1.54) is 12.1 Å². The van der Waals surface area contributed by atoms with E-state index >= 15 is 0 Å². The van der Waals surface area contributed by atoms with Gasteiger partial charge in [-0.1, -0.05) is 62.6 Å². The Hall–Kier alpha value is -2.48. The van der Waals surface area contributed by atoms with E-state index in [-0.39, 0.29) is 18.8 Å². The number of primary amides is 1. The Bertz CT molecular complexity index is 1320. The maximum absolute atomic E-state index is 13.6. The number of carbonyl (C=O) groups is 1. The molecule has 3 aromatic rings. The van der Waals surface area contributed by atoms with Crippen LogP contribution in [0.2, 0.25) is 5.02 Å². The summed E-state index contributed by atoms with van der Waals surface area (Å²) in [5, 5.41) is 0.563. The molecule has 1 heterocycles. The van der Waals surface area contributed by atoms with Crippen LogP contribution >= 0.6 is 19.4 Å². The zero-order valence-electron chi connectivity index (χ0n) is 21.9. The number of phosphoric ester groups is 1. The summed E-state index contributed by atoms with van der Waals surface area (Å²) in [5.41, 5.74) is 11.1. The standard InChI is InChI=1S/C28H35ClFN2O5P/c1-4-6-18(2)15-24-26(21-10-7-19(3)23(29)17-21)27(28(31)33)25(16-20-8-11-22(30)12-9-20)32(24)13-5-14-37-38(34,35)36/h7-12,17-18H,4-6,13-16H2,1-3H3,(H2,31,33)(H2,34,35,36). The third-order valence-electron chi connectivity index (χ3n) is 6.58. The molecule has 1 atom stereocenters. The first-order valence-corrected chi connectivity index (χ1v) is 14.6. The van der Waals surface area contributed by atoms with Gasteiger partial charge in [0.25, 0.3) is 5.91 Å². The molecule has 0 saturated heterocycles. The van der Waals surface area contributed by atoms with Crippen molar-refractivity contribution in [1.82, 2.24) is 4.57 Å². The Morgan fingerprint density at radius 1 is 1.18 bits per heavy atom. The van der Waals surface area contributed by atoms with Crippen molar-refractivity contribution >= 4 is 25.3 Å². The number of phosphoric acid groups is 1. The highest BCUT2D eigenvalue weighted by molar-refractivity contribution is 7.46. The molecule has 1 unspecified atom stereocenters. The fourth-order valence-corrected chi connectivity index (χ4v) is 5.39. The zero-order valence-corrected chi connectivity index (χ0v) is 23.6. The molecule has 0 spiro atoms. The van der Waals surface area contributed by atoms with Crippen LogP contribution in [0.15, 0.2) is 42.5 Å². The number of aryl methyl sites for hydroxylation is 1. The minimum absolute atomic E-state index is 0.167. The van der Waals surface area contributed by atoms with Crippen LogP contribution in [0.1, 0.15) is 66.0 Å². The van der Waals surface area contributed by atoms with Gasteiger partial charge in [0.2, 0.25) is 0 Å².